The molecule has 0 aliphatic rings. The lowest BCUT2D eigenvalue weighted by Gasteiger charge is -2.00. The molecule has 0 heterocycles. The third-order valence-corrected chi connectivity index (χ3v) is 4.60. The Balaban J connectivity index is 0.000000449. The van der Waals surface area contributed by atoms with Crippen molar-refractivity contribution in [3.05, 3.63) is 144 Å². The molecule has 0 radical (unpaired) electrons. The topological polar surface area (TPSA) is 52.0 Å². The first-order chi connectivity index (χ1) is 16.3. The average Bonchev–Trinajstić information content (AvgIpc) is 2.94. The van der Waals surface area contributed by atoms with Crippen LogP contribution in [0.5, 0.6) is 0 Å². The Kier molecular flexibility index (Phi) is 19.9. The lowest BCUT2D eigenvalue weighted by atomic mass is 10.1. The van der Waals surface area contributed by atoms with Gasteiger partial charge in [-0.1, -0.05) is 135 Å². The van der Waals surface area contributed by atoms with E-state index in [2.05, 4.69) is 135 Å². The SMILES string of the molecule is CCc1ccccc1.CCc1ccccc1.CN.CN.c1ccc(Cc2ccccc2)cc1. The summed E-state index contributed by atoms with van der Waals surface area (Å²) in [5, 5.41) is 0. The second kappa shape index (κ2) is 22.0. The third-order valence-electron chi connectivity index (χ3n) is 4.60. The molecule has 0 spiro atoms. The standard InChI is InChI=1S/C13H12.2C8H10.2CH5N/c1-3-7-12(8-4-1)11-13-9-5-2-6-10-13;2*1-2-8-6-4-3-5-7-8;2*1-2/h1-10H,11H2;2*3-7H,2H2,1H3;2*2H2,1H3. The molecular formula is C31H42N2. The molecule has 4 rings (SSSR count). The van der Waals surface area contributed by atoms with Crippen molar-refractivity contribution in [1.82, 2.24) is 0 Å². The Hall–Kier alpha value is -3.20. The van der Waals surface area contributed by atoms with Gasteiger partial charge in [-0.15, -0.1) is 0 Å². The fraction of sp³-hybridized carbons (Fsp3) is 0.226. The number of rotatable bonds is 4. The summed E-state index contributed by atoms with van der Waals surface area (Å²) in [6, 6.07) is 42.0. The van der Waals surface area contributed by atoms with Gasteiger partial charge in [-0.2, -0.15) is 0 Å². The summed E-state index contributed by atoms with van der Waals surface area (Å²) in [4.78, 5) is 0. The van der Waals surface area contributed by atoms with Crippen LogP contribution >= 0.6 is 0 Å². The zero-order chi connectivity index (χ0) is 24.6. The van der Waals surface area contributed by atoms with Crippen LogP contribution in [-0.2, 0) is 19.3 Å². The van der Waals surface area contributed by atoms with Gasteiger partial charge in [0.1, 0.15) is 0 Å². The number of aryl methyl sites for hydroxylation is 2. The zero-order valence-corrected chi connectivity index (χ0v) is 20.8. The lowest BCUT2D eigenvalue weighted by molar-refractivity contribution is 1.14. The Labute approximate surface area is 202 Å². The molecule has 0 saturated heterocycles. The highest BCUT2D eigenvalue weighted by Gasteiger charge is 1.92. The molecule has 176 valence electrons. The molecule has 0 atom stereocenters. The maximum absolute atomic E-state index is 4.50. The summed E-state index contributed by atoms with van der Waals surface area (Å²) >= 11 is 0. The van der Waals surface area contributed by atoms with Crippen molar-refractivity contribution in [2.75, 3.05) is 14.1 Å². The molecule has 0 fully saturated rings. The molecule has 2 nitrogen and oxygen atoms in total. The smallest absolute Gasteiger partial charge is 0.00258 e. The molecular weight excluding hydrogens is 400 g/mol. The Morgan fingerprint density at radius 3 is 0.758 bits per heavy atom. The molecule has 4 aromatic rings. The van der Waals surface area contributed by atoms with Crippen LogP contribution in [0.3, 0.4) is 0 Å². The van der Waals surface area contributed by atoms with E-state index in [0.717, 1.165) is 19.3 Å². The van der Waals surface area contributed by atoms with Gasteiger partial charge in [0.25, 0.3) is 0 Å². The zero-order valence-electron chi connectivity index (χ0n) is 20.8. The molecule has 4 aromatic carbocycles. The van der Waals surface area contributed by atoms with Gasteiger partial charge in [0.05, 0.1) is 0 Å². The quantitative estimate of drug-likeness (QED) is 0.360. The number of hydrogen-bond acceptors (Lipinski definition) is 2. The fourth-order valence-electron chi connectivity index (χ4n) is 2.85. The second-order valence-corrected chi connectivity index (χ2v) is 6.83. The van der Waals surface area contributed by atoms with Crippen LogP contribution in [0, 0.1) is 0 Å². The van der Waals surface area contributed by atoms with Gasteiger partial charge in [0.15, 0.2) is 0 Å². The molecule has 0 saturated carbocycles. The van der Waals surface area contributed by atoms with E-state index in [1.807, 2.05) is 12.1 Å². The molecule has 0 aliphatic heterocycles. The summed E-state index contributed by atoms with van der Waals surface area (Å²) in [7, 11) is 3.00. The number of nitrogens with two attached hydrogens (primary N) is 2. The minimum absolute atomic E-state index is 1.03. The minimum Gasteiger partial charge on any atom is -0.333 e. The molecule has 0 aliphatic carbocycles. The van der Waals surface area contributed by atoms with Crippen LogP contribution in [0.2, 0.25) is 0 Å². The van der Waals surface area contributed by atoms with Gasteiger partial charge in [-0.3, -0.25) is 0 Å². The van der Waals surface area contributed by atoms with Crippen LogP contribution in [0.25, 0.3) is 0 Å². The van der Waals surface area contributed by atoms with Crippen molar-refractivity contribution < 1.29 is 0 Å². The van der Waals surface area contributed by atoms with Crippen molar-refractivity contribution in [2.24, 2.45) is 11.5 Å². The van der Waals surface area contributed by atoms with E-state index in [1.54, 1.807) is 0 Å². The fourth-order valence-corrected chi connectivity index (χ4v) is 2.85. The van der Waals surface area contributed by atoms with E-state index in [1.165, 1.54) is 36.3 Å². The van der Waals surface area contributed by atoms with Crippen molar-refractivity contribution in [3.63, 3.8) is 0 Å². The van der Waals surface area contributed by atoms with Crippen LogP contribution < -0.4 is 11.5 Å². The monoisotopic (exact) mass is 442 g/mol. The first-order valence-electron chi connectivity index (χ1n) is 11.6. The maximum Gasteiger partial charge on any atom is -0.00258 e. The number of hydrogen-bond donors (Lipinski definition) is 2. The molecule has 4 N–H and O–H groups in total. The van der Waals surface area contributed by atoms with Crippen molar-refractivity contribution >= 4 is 0 Å². The summed E-state index contributed by atoms with van der Waals surface area (Å²) in [5.74, 6) is 0. The molecule has 0 bridgehead atoms. The Morgan fingerprint density at radius 1 is 0.364 bits per heavy atom. The third kappa shape index (κ3) is 15.3. The van der Waals surface area contributed by atoms with Gasteiger partial charge < -0.3 is 11.5 Å². The normalized spacial score (nSPS) is 8.67. The van der Waals surface area contributed by atoms with E-state index in [0.29, 0.717) is 0 Å². The van der Waals surface area contributed by atoms with Gasteiger partial charge in [-0.25, -0.2) is 0 Å². The first-order valence-corrected chi connectivity index (χ1v) is 11.6. The van der Waals surface area contributed by atoms with Crippen molar-refractivity contribution in [3.8, 4) is 0 Å². The minimum atomic E-state index is 1.03. The van der Waals surface area contributed by atoms with E-state index < -0.39 is 0 Å². The van der Waals surface area contributed by atoms with Crippen LogP contribution in [0.1, 0.15) is 36.1 Å². The summed E-state index contributed by atoms with van der Waals surface area (Å²) in [5.41, 5.74) is 14.6. The molecule has 33 heavy (non-hydrogen) atoms. The molecule has 0 unspecified atom stereocenters. The van der Waals surface area contributed by atoms with Crippen molar-refractivity contribution in [2.45, 2.75) is 33.1 Å². The summed E-state index contributed by atoms with van der Waals surface area (Å²) < 4.78 is 0. The lowest BCUT2D eigenvalue weighted by Crippen LogP contribution is -1.85. The highest BCUT2D eigenvalue weighted by Crippen LogP contribution is 2.07. The number of benzene rings is 4. The maximum atomic E-state index is 4.50. The highest BCUT2D eigenvalue weighted by atomic mass is 14.4. The summed E-state index contributed by atoms with van der Waals surface area (Å²) in [6.07, 6.45) is 3.31. The Bertz CT molecular complexity index is 800. The van der Waals surface area contributed by atoms with Crippen molar-refractivity contribution in [1.29, 1.82) is 0 Å². The first kappa shape index (κ1) is 29.8. The van der Waals surface area contributed by atoms with Gasteiger partial charge in [0, 0.05) is 0 Å². The van der Waals surface area contributed by atoms with Gasteiger partial charge >= 0.3 is 0 Å². The van der Waals surface area contributed by atoms with Gasteiger partial charge in [0.2, 0.25) is 0 Å². The van der Waals surface area contributed by atoms with E-state index in [-0.39, 0.29) is 0 Å². The highest BCUT2D eigenvalue weighted by molar-refractivity contribution is 5.25. The Morgan fingerprint density at radius 2 is 0.576 bits per heavy atom. The van der Waals surface area contributed by atoms with Crippen LogP contribution in [0.15, 0.2) is 121 Å². The predicted molar refractivity (Wildman–Crippen MR) is 148 cm³/mol. The largest absolute Gasteiger partial charge is 0.333 e. The predicted octanol–water partition coefficient (Wildman–Crippen LogP) is 6.93. The van der Waals surface area contributed by atoms with Crippen LogP contribution in [0.4, 0.5) is 0 Å². The van der Waals surface area contributed by atoms with E-state index >= 15 is 0 Å². The van der Waals surface area contributed by atoms with Crippen LogP contribution in [-0.4, -0.2) is 14.1 Å². The van der Waals surface area contributed by atoms with E-state index in [9.17, 15) is 0 Å². The second-order valence-electron chi connectivity index (χ2n) is 6.83. The molecule has 2 heteroatoms. The average molecular weight is 443 g/mol. The molecule has 0 amide bonds. The molecule has 0 aromatic heterocycles. The van der Waals surface area contributed by atoms with Gasteiger partial charge in [-0.05, 0) is 55.6 Å². The van der Waals surface area contributed by atoms with E-state index in [4.69, 9.17) is 0 Å². The summed E-state index contributed by atoms with van der Waals surface area (Å²) in [6.45, 7) is 4.32.